The van der Waals surface area contributed by atoms with Gasteiger partial charge in [0.05, 0.1) is 0 Å². The molecule has 0 saturated heterocycles. The summed E-state index contributed by atoms with van der Waals surface area (Å²) in [5.41, 5.74) is 0. The molecule has 0 N–H and O–H groups in total. The quantitative estimate of drug-likeness (QED) is 0.551. The van der Waals surface area contributed by atoms with Gasteiger partial charge in [0.25, 0.3) is 0 Å². The summed E-state index contributed by atoms with van der Waals surface area (Å²) in [5, 5.41) is 0. The van der Waals surface area contributed by atoms with E-state index in [0.29, 0.717) is 0 Å². The minimum atomic E-state index is 0.00670. The number of hydrogen-bond donors (Lipinski definition) is 0. The van der Waals surface area contributed by atoms with E-state index in [-0.39, 0.29) is 24.2 Å². The van der Waals surface area contributed by atoms with Gasteiger partial charge in [0.15, 0.2) is 0 Å². The molecule has 0 heterocycles. The van der Waals surface area contributed by atoms with Crippen LogP contribution in [-0.2, 0) is 0 Å². The van der Waals surface area contributed by atoms with Crippen molar-refractivity contribution in [3.05, 3.63) is 0 Å². The molecule has 0 spiro atoms. The Kier molecular flexibility index (Phi) is 7.83. The predicted molar refractivity (Wildman–Crippen MR) is 35.9 cm³/mol. The predicted octanol–water partition coefficient (Wildman–Crippen LogP) is 2.35. The third-order valence-corrected chi connectivity index (χ3v) is 4.35. The fourth-order valence-electron chi connectivity index (χ4n) is 0.552. The van der Waals surface area contributed by atoms with Crippen molar-refractivity contribution in [1.82, 2.24) is 0 Å². The van der Waals surface area contributed by atoms with Crippen molar-refractivity contribution in [1.29, 1.82) is 0 Å². The van der Waals surface area contributed by atoms with E-state index < -0.39 is 0 Å². The van der Waals surface area contributed by atoms with E-state index >= 15 is 0 Å². The zero-order valence-corrected chi connectivity index (χ0v) is 9.22. The topological polar surface area (TPSA) is 0 Å². The molecule has 0 amide bonds. The molecular weight excluding hydrogens is 279 g/mol. The fraction of sp³-hybridized carbons (Fsp3) is 1.00. The zero-order valence-electron chi connectivity index (χ0n) is 5.33. The Hall–Kier alpha value is 0.922. The molecule has 42 valence electrons. The summed E-state index contributed by atoms with van der Waals surface area (Å²) < 4.78 is 4.06. The number of hydrogen-bond acceptors (Lipinski definition) is 0. The molecule has 0 bridgehead atoms. The van der Waals surface area contributed by atoms with Crippen LogP contribution in [0.1, 0.15) is 26.2 Å². The molecule has 0 rings (SSSR count). The van der Waals surface area contributed by atoms with Crippen molar-refractivity contribution >= 4 is 24.2 Å². The Morgan fingerprint density at radius 1 is 1.29 bits per heavy atom. The monoisotopic (exact) mass is 294 g/mol. The van der Waals surface area contributed by atoms with Crippen LogP contribution in [0.4, 0.5) is 0 Å². The first-order chi connectivity index (χ1) is 3.41. The van der Waals surface area contributed by atoms with Gasteiger partial charge in [-0.25, -0.2) is 0 Å². The summed E-state index contributed by atoms with van der Waals surface area (Å²) in [5.74, 6) is 0. The summed E-state index contributed by atoms with van der Waals surface area (Å²) >= 11 is 0.00670. The Bertz CT molecular complexity index is 23.4. The van der Waals surface area contributed by atoms with Gasteiger partial charge in [0, 0.05) is 0 Å². The normalized spacial score (nSPS) is 9.43. The molecule has 0 aliphatic rings. The van der Waals surface area contributed by atoms with Gasteiger partial charge in [-0.3, -0.25) is 0 Å². The standard InChI is InChI=1S/C5H11.CH3.Pb/c1-3-5-4-2;;/h1,3-5H2,2H3;1H3;. The van der Waals surface area contributed by atoms with Crippen molar-refractivity contribution in [2.24, 2.45) is 0 Å². The van der Waals surface area contributed by atoms with Crippen molar-refractivity contribution in [2.75, 3.05) is 0 Å². The van der Waals surface area contributed by atoms with Crippen LogP contribution >= 0.6 is 0 Å². The first-order valence-corrected chi connectivity index (χ1v) is 9.70. The Morgan fingerprint density at radius 3 is 2.43 bits per heavy atom. The minimum absolute atomic E-state index is 0.00670. The molecule has 0 fully saturated rings. The van der Waals surface area contributed by atoms with Crippen molar-refractivity contribution in [3.8, 4) is 0 Å². The van der Waals surface area contributed by atoms with E-state index in [1.54, 1.807) is 3.98 Å². The van der Waals surface area contributed by atoms with E-state index in [9.17, 15) is 0 Å². The maximum atomic E-state index is 2.44. The molecule has 0 nitrogen and oxygen atoms in total. The zero-order chi connectivity index (χ0) is 5.54. The third kappa shape index (κ3) is 6.92. The van der Waals surface area contributed by atoms with Crippen molar-refractivity contribution in [2.45, 2.75) is 34.6 Å². The average molecular weight is 293 g/mol. The summed E-state index contributed by atoms with van der Waals surface area (Å²) in [6, 6.07) is 0. The molecular formula is C6H14Pb. The summed E-state index contributed by atoms with van der Waals surface area (Å²) in [7, 11) is 0. The van der Waals surface area contributed by atoms with Crippen LogP contribution in [0.2, 0.25) is 8.46 Å². The van der Waals surface area contributed by atoms with E-state index in [0.717, 1.165) is 0 Å². The van der Waals surface area contributed by atoms with Gasteiger partial charge in [-0.2, -0.15) is 0 Å². The van der Waals surface area contributed by atoms with E-state index in [4.69, 9.17) is 0 Å². The second-order valence-electron chi connectivity index (χ2n) is 1.81. The molecule has 0 unspecified atom stereocenters. The molecule has 0 aliphatic heterocycles. The number of rotatable bonds is 4. The molecule has 0 aromatic carbocycles. The van der Waals surface area contributed by atoms with Crippen LogP contribution in [0.25, 0.3) is 0 Å². The molecule has 7 heavy (non-hydrogen) atoms. The molecule has 0 aromatic rings. The summed E-state index contributed by atoms with van der Waals surface area (Å²) in [4.78, 5) is 0. The second-order valence-corrected chi connectivity index (χ2v) is 6.50. The van der Waals surface area contributed by atoms with Crippen molar-refractivity contribution < 1.29 is 0 Å². The van der Waals surface area contributed by atoms with E-state index in [1.807, 2.05) is 0 Å². The fourth-order valence-corrected chi connectivity index (χ4v) is 2.90. The summed E-state index contributed by atoms with van der Waals surface area (Å²) in [6.07, 6.45) is 4.39. The van der Waals surface area contributed by atoms with Crippen LogP contribution in [0.5, 0.6) is 0 Å². The Balaban J connectivity index is 2.45. The molecule has 0 saturated carbocycles. The molecule has 0 aliphatic carbocycles. The molecule has 0 aromatic heterocycles. The molecule has 0 atom stereocenters. The van der Waals surface area contributed by atoms with Gasteiger partial charge >= 0.3 is 58.9 Å². The van der Waals surface area contributed by atoms with Crippen LogP contribution in [0, 0.1) is 0 Å². The average Bonchev–Trinajstić information content (AvgIpc) is 1.69. The van der Waals surface area contributed by atoms with Gasteiger partial charge in [-0.05, 0) is 0 Å². The Morgan fingerprint density at radius 2 is 2.00 bits per heavy atom. The number of unbranched alkanes of at least 4 members (excludes halogenated alkanes) is 2. The Labute approximate surface area is 58.9 Å². The van der Waals surface area contributed by atoms with Gasteiger partial charge in [-0.15, -0.1) is 0 Å². The first kappa shape index (κ1) is 7.92. The van der Waals surface area contributed by atoms with Crippen LogP contribution in [-0.4, -0.2) is 24.2 Å². The van der Waals surface area contributed by atoms with Gasteiger partial charge in [0.1, 0.15) is 0 Å². The van der Waals surface area contributed by atoms with Crippen LogP contribution in [0.15, 0.2) is 0 Å². The molecule has 1 heteroatoms. The maximum absolute atomic E-state index is 2.44. The molecule has 2 radical (unpaired) electrons. The van der Waals surface area contributed by atoms with Crippen LogP contribution < -0.4 is 0 Å². The van der Waals surface area contributed by atoms with Gasteiger partial charge < -0.3 is 0 Å². The summed E-state index contributed by atoms with van der Waals surface area (Å²) in [6.45, 7) is 2.27. The van der Waals surface area contributed by atoms with E-state index in [1.165, 1.54) is 19.3 Å². The third-order valence-electron chi connectivity index (χ3n) is 1.03. The second kappa shape index (κ2) is 6.92. The SMILES string of the molecule is CCCC[CH2][Pb][CH3]. The van der Waals surface area contributed by atoms with Gasteiger partial charge in [0.2, 0.25) is 0 Å². The van der Waals surface area contributed by atoms with E-state index in [2.05, 4.69) is 11.4 Å². The van der Waals surface area contributed by atoms with Gasteiger partial charge in [-0.1, -0.05) is 0 Å². The van der Waals surface area contributed by atoms with Crippen LogP contribution in [0.3, 0.4) is 0 Å². The van der Waals surface area contributed by atoms with Crippen molar-refractivity contribution in [3.63, 3.8) is 0 Å². The first-order valence-electron chi connectivity index (χ1n) is 3.06.